The number of carboxylic acid groups (broad SMARTS) is 1. The molecular formula is C11H13NO3S3. The van der Waals surface area contributed by atoms with E-state index in [4.69, 9.17) is 10.8 Å². The summed E-state index contributed by atoms with van der Waals surface area (Å²) >= 11 is 0. The first kappa shape index (κ1) is 15.4. The minimum Gasteiger partial charge on any atom is -0.480 e. The van der Waals surface area contributed by atoms with Gasteiger partial charge in [0, 0.05) is 6.42 Å². The van der Waals surface area contributed by atoms with Crippen LogP contribution in [-0.4, -0.2) is 22.9 Å². The summed E-state index contributed by atoms with van der Waals surface area (Å²) in [5.74, 6) is -1.15. The molecule has 3 N–H and O–H groups in total. The third-order valence-corrected chi connectivity index (χ3v) is 5.63. The molecule has 18 heavy (non-hydrogen) atoms. The van der Waals surface area contributed by atoms with E-state index < -0.39 is 12.0 Å². The van der Waals surface area contributed by atoms with E-state index >= 15 is 0 Å². The van der Waals surface area contributed by atoms with Crippen molar-refractivity contribution in [3.8, 4) is 0 Å². The van der Waals surface area contributed by atoms with Crippen LogP contribution in [0.1, 0.15) is 12.8 Å². The van der Waals surface area contributed by atoms with E-state index in [9.17, 15) is 9.59 Å². The van der Waals surface area contributed by atoms with Crippen LogP contribution in [0.2, 0.25) is 0 Å². The summed E-state index contributed by atoms with van der Waals surface area (Å²) in [6, 6.07) is -0.977. The zero-order chi connectivity index (χ0) is 13.4. The normalized spacial score (nSPS) is 17.3. The number of allylic oxidation sites excluding steroid dienone is 5. The number of hydrogen-bond acceptors (Lipinski definition) is 6. The topological polar surface area (TPSA) is 80.4 Å². The van der Waals surface area contributed by atoms with Gasteiger partial charge >= 0.3 is 5.97 Å². The summed E-state index contributed by atoms with van der Waals surface area (Å²) in [5.41, 5.74) is 5.36. The van der Waals surface area contributed by atoms with Crippen LogP contribution >= 0.6 is 31.4 Å². The first-order chi connectivity index (χ1) is 8.61. The Hall–Kier alpha value is -0.630. The van der Waals surface area contributed by atoms with Crippen LogP contribution in [0.3, 0.4) is 0 Å². The van der Waals surface area contributed by atoms with Crippen molar-refractivity contribution in [2.75, 3.05) is 0 Å². The van der Waals surface area contributed by atoms with Crippen LogP contribution in [0.25, 0.3) is 0 Å². The van der Waals surface area contributed by atoms with Gasteiger partial charge in [0.2, 0.25) is 0 Å². The first-order valence-electron chi connectivity index (χ1n) is 5.16. The zero-order valence-corrected chi connectivity index (χ0v) is 11.9. The van der Waals surface area contributed by atoms with Gasteiger partial charge in [-0.25, -0.2) is 0 Å². The number of aliphatic carboxylic acids is 1. The smallest absolute Gasteiger partial charge is 0.320 e. The molecule has 0 aromatic heterocycles. The van der Waals surface area contributed by atoms with Crippen LogP contribution in [-0.2, 0) is 9.59 Å². The van der Waals surface area contributed by atoms with Gasteiger partial charge in [-0.05, 0) is 38.5 Å². The third-order valence-electron chi connectivity index (χ3n) is 2.04. The number of Topliss-reactive ketones (excluding diaryl/α,β-unsaturated/α-hetero) is 1. The van der Waals surface area contributed by atoms with E-state index in [0.717, 1.165) is 0 Å². The molecule has 1 heterocycles. The number of hydrogen-bond donors (Lipinski definition) is 2. The van der Waals surface area contributed by atoms with Crippen molar-refractivity contribution in [3.63, 3.8) is 0 Å². The average Bonchev–Trinajstić information content (AvgIpc) is 2.48. The highest BCUT2D eigenvalue weighted by Gasteiger charge is 2.16. The standard InChI is InChI=1S/C11H13NO3S3/c12-8(11(14)15)5-6-9(13)10-4-2-1-3-7-16-18-17-10/h1-4,7-8H,5-6,12H2,(H,14,15)/t8-/m0/s1. The van der Waals surface area contributed by atoms with Crippen molar-refractivity contribution in [2.24, 2.45) is 5.73 Å². The number of nitrogens with two attached hydrogens (primary N) is 1. The number of rotatable bonds is 5. The second-order valence-corrected chi connectivity index (χ2v) is 7.32. The van der Waals surface area contributed by atoms with Crippen molar-refractivity contribution in [3.05, 3.63) is 34.6 Å². The van der Waals surface area contributed by atoms with Gasteiger partial charge in [-0.15, -0.1) is 0 Å². The Morgan fingerprint density at radius 1 is 1.33 bits per heavy atom. The first-order valence-corrected chi connectivity index (χ1v) is 8.71. The summed E-state index contributed by atoms with van der Waals surface area (Å²) in [6.45, 7) is 0. The predicted molar refractivity (Wildman–Crippen MR) is 79.0 cm³/mol. The summed E-state index contributed by atoms with van der Waals surface area (Å²) in [7, 11) is 4.40. The lowest BCUT2D eigenvalue weighted by molar-refractivity contribution is -0.138. The maximum atomic E-state index is 11.9. The molecular weight excluding hydrogens is 290 g/mol. The molecule has 0 amide bonds. The molecule has 0 bridgehead atoms. The summed E-state index contributed by atoms with van der Waals surface area (Å²) < 4.78 is 0. The Kier molecular flexibility index (Phi) is 7.26. The molecule has 0 aliphatic carbocycles. The molecule has 0 radical (unpaired) electrons. The number of carboxylic acids is 1. The Labute approximate surface area is 117 Å². The highest BCUT2D eigenvalue weighted by Crippen LogP contribution is 2.41. The van der Waals surface area contributed by atoms with Gasteiger partial charge < -0.3 is 10.8 Å². The fraction of sp³-hybridized carbons (Fsp3) is 0.273. The highest BCUT2D eigenvalue weighted by atomic mass is 33.5. The molecule has 0 saturated heterocycles. The van der Waals surface area contributed by atoms with E-state index in [2.05, 4.69) is 0 Å². The zero-order valence-electron chi connectivity index (χ0n) is 9.44. The molecule has 0 aromatic rings. The van der Waals surface area contributed by atoms with E-state index in [1.54, 1.807) is 12.2 Å². The van der Waals surface area contributed by atoms with Gasteiger partial charge in [0.25, 0.3) is 0 Å². The Bertz CT molecular complexity index is 404. The average molecular weight is 303 g/mol. The van der Waals surface area contributed by atoms with E-state index in [1.807, 2.05) is 17.6 Å². The molecule has 7 heteroatoms. The van der Waals surface area contributed by atoms with Gasteiger partial charge in [-0.2, -0.15) is 0 Å². The molecule has 98 valence electrons. The monoisotopic (exact) mass is 303 g/mol. The second kappa shape index (κ2) is 8.47. The van der Waals surface area contributed by atoms with Gasteiger partial charge in [-0.1, -0.05) is 29.0 Å². The SMILES string of the molecule is N[C@@H](CCC(=O)C1=CC=CC=CSSS1)C(=O)O. The van der Waals surface area contributed by atoms with Crippen molar-refractivity contribution in [1.82, 2.24) is 0 Å². The lowest BCUT2D eigenvalue weighted by Crippen LogP contribution is -2.30. The Morgan fingerprint density at radius 2 is 2.11 bits per heavy atom. The summed E-state index contributed by atoms with van der Waals surface area (Å²) in [5, 5.41) is 10.6. The van der Waals surface area contributed by atoms with Crippen molar-refractivity contribution in [1.29, 1.82) is 0 Å². The van der Waals surface area contributed by atoms with E-state index in [0.29, 0.717) is 4.91 Å². The quantitative estimate of drug-likeness (QED) is 0.756. The Morgan fingerprint density at radius 3 is 2.83 bits per heavy atom. The van der Waals surface area contributed by atoms with Crippen LogP contribution < -0.4 is 5.73 Å². The number of carbonyl (C=O) groups excluding carboxylic acids is 1. The lowest BCUT2D eigenvalue weighted by atomic mass is 10.1. The second-order valence-electron chi connectivity index (χ2n) is 3.40. The number of ketones is 1. The summed E-state index contributed by atoms with van der Waals surface area (Å²) in [4.78, 5) is 23.1. The minimum absolute atomic E-state index is 0.0728. The molecule has 4 nitrogen and oxygen atoms in total. The molecule has 1 atom stereocenters. The van der Waals surface area contributed by atoms with Gasteiger partial charge in [0.05, 0.1) is 4.91 Å². The van der Waals surface area contributed by atoms with Crippen molar-refractivity contribution in [2.45, 2.75) is 18.9 Å². The highest BCUT2D eigenvalue weighted by molar-refractivity contribution is 9.10. The minimum atomic E-state index is -1.08. The van der Waals surface area contributed by atoms with Gasteiger partial charge in [-0.3, -0.25) is 9.59 Å². The third kappa shape index (κ3) is 5.81. The van der Waals surface area contributed by atoms with E-state index in [-0.39, 0.29) is 18.6 Å². The molecule has 0 unspecified atom stereocenters. The van der Waals surface area contributed by atoms with Crippen LogP contribution in [0, 0.1) is 0 Å². The molecule has 0 spiro atoms. The molecule has 0 saturated carbocycles. The fourth-order valence-corrected chi connectivity index (χ4v) is 4.24. The van der Waals surface area contributed by atoms with E-state index in [1.165, 1.54) is 31.4 Å². The molecule has 0 fully saturated rings. The Balaban J connectivity index is 2.54. The van der Waals surface area contributed by atoms with Crippen molar-refractivity contribution >= 4 is 43.2 Å². The van der Waals surface area contributed by atoms with Gasteiger partial charge in [0.15, 0.2) is 5.78 Å². The van der Waals surface area contributed by atoms with Gasteiger partial charge in [0.1, 0.15) is 6.04 Å². The number of carbonyl (C=O) groups is 2. The van der Waals surface area contributed by atoms with Crippen LogP contribution in [0.15, 0.2) is 34.6 Å². The maximum Gasteiger partial charge on any atom is 0.320 e. The largest absolute Gasteiger partial charge is 0.480 e. The molecule has 0 aromatic carbocycles. The van der Waals surface area contributed by atoms with Crippen molar-refractivity contribution < 1.29 is 14.7 Å². The molecule has 1 aliphatic rings. The molecule has 1 rings (SSSR count). The van der Waals surface area contributed by atoms with Crippen LogP contribution in [0.5, 0.6) is 0 Å². The predicted octanol–water partition coefficient (Wildman–Crippen LogP) is 2.74. The fourth-order valence-electron chi connectivity index (χ4n) is 1.06. The maximum absolute atomic E-state index is 11.9. The lowest BCUT2D eigenvalue weighted by Gasteiger charge is -2.06. The summed E-state index contributed by atoms with van der Waals surface area (Å²) in [6.07, 6.45) is 7.58. The molecule has 1 aliphatic heterocycles. The van der Waals surface area contributed by atoms with Crippen LogP contribution in [0.4, 0.5) is 0 Å².